The molecule has 0 aromatic carbocycles. The first-order chi connectivity index (χ1) is 6.88. The van der Waals surface area contributed by atoms with Crippen LogP contribution in [0.2, 0.25) is 0 Å². The summed E-state index contributed by atoms with van der Waals surface area (Å²) >= 11 is 0. The Morgan fingerprint density at radius 2 is 2.50 bits per heavy atom. The molecule has 0 aliphatic rings. The molecule has 0 aliphatic carbocycles. The van der Waals surface area contributed by atoms with Gasteiger partial charge in [0.2, 0.25) is 0 Å². The molecule has 0 radical (unpaired) electrons. The van der Waals surface area contributed by atoms with E-state index in [2.05, 4.69) is 26.9 Å². The van der Waals surface area contributed by atoms with E-state index in [1.54, 1.807) is 18.3 Å². The van der Waals surface area contributed by atoms with Gasteiger partial charge in [0.05, 0.1) is 12.1 Å². The molecule has 0 atom stereocenters. The molecule has 0 N–H and O–H groups in total. The Bertz CT molecular complexity index is 468. The third kappa shape index (κ3) is 2.53. The van der Waals surface area contributed by atoms with Crippen LogP contribution < -0.4 is 0 Å². The topological polar surface area (TPSA) is 85.4 Å². The van der Waals surface area contributed by atoms with Crippen LogP contribution in [-0.4, -0.2) is 11.5 Å². The van der Waals surface area contributed by atoms with Crippen LogP contribution >= 0.6 is 0 Å². The summed E-state index contributed by atoms with van der Waals surface area (Å²) in [4.78, 5) is 6.46. The van der Waals surface area contributed by atoms with Crippen molar-refractivity contribution in [2.24, 2.45) is 5.11 Å². The minimum absolute atomic E-state index is 0.0813. The molecular weight excluding hydrogens is 178 g/mol. The quantitative estimate of drug-likeness (QED) is 0.286. The van der Waals surface area contributed by atoms with Gasteiger partial charge in [0, 0.05) is 11.1 Å². The number of aromatic nitrogens is 1. The highest BCUT2D eigenvalue weighted by Gasteiger charge is 1.96. The molecule has 0 unspecified atom stereocenters. The van der Waals surface area contributed by atoms with E-state index in [-0.39, 0.29) is 6.54 Å². The van der Waals surface area contributed by atoms with Crippen LogP contribution in [0.1, 0.15) is 11.3 Å². The van der Waals surface area contributed by atoms with Crippen molar-refractivity contribution in [1.82, 2.24) is 4.98 Å². The van der Waals surface area contributed by atoms with Gasteiger partial charge in [-0.2, -0.15) is 5.26 Å². The van der Waals surface area contributed by atoms with Crippen LogP contribution in [0, 0.1) is 23.2 Å². The monoisotopic (exact) mass is 183 g/mol. The predicted octanol–water partition coefficient (Wildman–Crippen LogP) is 1.62. The van der Waals surface area contributed by atoms with E-state index < -0.39 is 0 Å². The third-order valence-electron chi connectivity index (χ3n) is 1.35. The number of nitrogens with zero attached hydrogens (tertiary/aromatic N) is 5. The van der Waals surface area contributed by atoms with E-state index in [1.165, 1.54) is 0 Å². The fourth-order valence-corrected chi connectivity index (χ4v) is 0.785. The average molecular weight is 183 g/mol. The van der Waals surface area contributed by atoms with Gasteiger partial charge < -0.3 is 0 Å². The van der Waals surface area contributed by atoms with E-state index in [1.807, 2.05) is 6.07 Å². The maximum Gasteiger partial charge on any atom is 0.130 e. The molecule has 0 amide bonds. The first-order valence-electron chi connectivity index (χ1n) is 3.73. The van der Waals surface area contributed by atoms with Crippen LogP contribution in [0.15, 0.2) is 23.4 Å². The maximum atomic E-state index is 8.68. The molecule has 0 fully saturated rings. The number of azide groups is 1. The number of rotatable bonds is 1. The van der Waals surface area contributed by atoms with E-state index in [4.69, 9.17) is 10.8 Å². The predicted molar refractivity (Wildman–Crippen MR) is 49.8 cm³/mol. The van der Waals surface area contributed by atoms with Crippen LogP contribution in [0.4, 0.5) is 0 Å². The summed E-state index contributed by atoms with van der Waals surface area (Å²) in [6.07, 6.45) is 1.55. The minimum Gasteiger partial charge on any atom is -0.246 e. The smallest absolute Gasteiger partial charge is 0.130 e. The first-order valence-corrected chi connectivity index (χ1v) is 3.73. The van der Waals surface area contributed by atoms with Gasteiger partial charge >= 0.3 is 0 Å². The molecule has 0 spiro atoms. The molecule has 14 heavy (non-hydrogen) atoms. The summed E-state index contributed by atoms with van der Waals surface area (Å²) in [5, 5.41) is 11.9. The van der Waals surface area contributed by atoms with Crippen molar-refractivity contribution in [3.63, 3.8) is 0 Å². The second-order valence-electron chi connectivity index (χ2n) is 2.20. The standard InChI is InChI=1S/C9H5N5/c10-7-8-3-1-5-12-9(8)4-2-6-13-14-11/h1,3,5H,6H2. The SMILES string of the molecule is N#Cc1cccnc1C#CCN=[N+]=[N-]. The minimum atomic E-state index is 0.0813. The second kappa shape index (κ2) is 5.21. The van der Waals surface area contributed by atoms with Crippen molar-refractivity contribution >= 4 is 0 Å². The first kappa shape index (κ1) is 9.60. The zero-order chi connectivity index (χ0) is 10.2. The molecule has 0 aliphatic heterocycles. The molecule has 0 saturated carbocycles. The Hall–Kier alpha value is -2.49. The Balaban J connectivity index is 2.89. The molecule has 5 nitrogen and oxygen atoms in total. The molecular formula is C9H5N5. The Labute approximate surface area is 80.6 Å². The summed E-state index contributed by atoms with van der Waals surface area (Å²) in [7, 11) is 0. The summed E-state index contributed by atoms with van der Waals surface area (Å²) in [6, 6.07) is 5.26. The van der Waals surface area contributed by atoms with Crippen LogP contribution in [-0.2, 0) is 0 Å². The van der Waals surface area contributed by atoms with E-state index in [0.29, 0.717) is 11.3 Å². The lowest BCUT2D eigenvalue weighted by Crippen LogP contribution is -1.87. The highest BCUT2D eigenvalue weighted by atomic mass is 15.1. The van der Waals surface area contributed by atoms with Crippen LogP contribution in [0.25, 0.3) is 10.4 Å². The average Bonchev–Trinajstić information content (AvgIpc) is 2.25. The van der Waals surface area contributed by atoms with Gasteiger partial charge in [-0.05, 0) is 23.6 Å². The number of nitriles is 1. The van der Waals surface area contributed by atoms with Crippen LogP contribution in [0.3, 0.4) is 0 Å². The van der Waals surface area contributed by atoms with Gasteiger partial charge in [0.1, 0.15) is 11.8 Å². The van der Waals surface area contributed by atoms with Gasteiger partial charge in [0.15, 0.2) is 0 Å². The molecule has 5 heteroatoms. The van der Waals surface area contributed by atoms with Gasteiger partial charge in [0.25, 0.3) is 0 Å². The lowest BCUT2D eigenvalue weighted by molar-refractivity contribution is 1.23. The van der Waals surface area contributed by atoms with E-state index in [0.717, 1.165) is 0 Å². The zero-order valence-corrected chi connectivity index (χ0v) is 7.18. The summed E-state index contributed by atoms with van der Waals surface area (Å²) < 4.78 is 0. The van der Waals surface area contributed by atoms with Crippen molar-refractivity contribution in [2.45, 2.75) is 0 Å². The molecule has 1 aromatic rings. The maximum absolute atomic E-state index is 8.68. The number of hydrogen-bond acceptors (Lipinski definition) is 3. The molecule has 1 heterocycles. The second-order valence-corrected chi connectivity index (χ2v) is 2.20. The van der Waals surface area contributed by atoms with E-state index >= 15 is 0 Å². The summed E-state index contributed by atoms with van der Waals surface area (Å²) in [5.41, 5.74) is 8.81. The Morgan fingerprint density at radius 3 is 3.21 bits per heavy atom. The Kier molecular flexibility index (Phi) is 3.57. The molecule has 0 saturated heterocycles. The van der Waals surface area contributed by atoms with Crippen molar-refractivity contribution in [3.8, 4) is 17.9 Å². The third-order valence-corrected chi connectivity index (χ3v) is 1.35. The molecule has 1 aromatic heterocycles. The lowest BCUT2D eigenvalue weighted by atomic mass is 10.2. The van der Waals surface area contributed by atoms with Crippen molar-refractivity contribution in [3.05, 3.63) is 40.0 Å². The highest BCUT2D eigenvalue weighted by Crippen LogP contribution is 2.00. The molecule has 0 bridgehead atoms. The van der Waals surface area contributed by atoms with Gasteiger partial charge in [-0.25, -0.2) is 4.98 Å². The van der Waals surface area contributed by atoms with Gasteiger partial charge in [-0.1, -0.05) is 11.0 Å². The van der Waals surface area contributed by atoms with Crippen molar-refractivity contribution in [2.75, 3.05) is 6.54 Å². The van der Waals surface area contributed by atoms with Gasteiger partial charge in [-0.3, -0.25) is 0 Å². The fourth-order valence-electron chi connectivity index (χ4n) is 0.785. The van der Waals surface area contributed by atoms with E-state index in [9.17, 15) is 0 Å². The number of pyridine rings is 1. The summed E-state index contributed by atoms with van der Waals surface area (Å²) in [6.45, 7) is 0.0813. The van der Waals surface area contributed by atoms with Crippen molar-refractivity contribution in [1.29, 1.82) is 5.26 Å². The largest absolute Gasteiger partial charge is 0.246 e. The zero-order valence-electron chi connectivity index (χ0n) is 7.18. The Morgan fingerprint density at radius 1 is 1.64 bits per heavy atom. The van der Waals surface area contributed by atoms with Gasteiger partial charge in [-0.15, -0.1) is 0 Å². The fraction of sp³-hybridized carbons (Fsp3) is 0.111. The number of hydrogen-bond donors (Lipinski definition) is 0. The summed E-state index contributed by atoms with van der Waals surface area (Å²) in [5.74, 6) is 5.24. The highest BCUT2D eigenvalue weighted by molar-refractivity contribution is 5.42. The van der Waals surface area contributed by atoms with Crippen molar-refractivity contribution < 1.29 is 0 Å². The molecule has 1 rings (SSSR count). The lowest BCUT2D eigenvalue weighted by Gasteiger charge is -1.90. The normalized spacial score (nSPS) is 7.64. The molecule has 66 valence electrons. The van der Waals surface area contributed by atoms with Crippen LogP contribution in [0.5, 0.6) is 0 Å².